The van der Waals surface area contributed by atoms with Gasteiger partial charge in [-0.3, -0.25) is 4.99 Å². The van der Waals surface area contributed by atoms with Crippen LogP contribution in [0.2, 0.25) is 0 Å². The fraction of sp³-hybridized carbons (Fsp3) is 0.316. The van der Waals surface area contributed by atoms with Crippen molar-refractivity contribution in [2.75, 3.05) is 25.6 Å². The molecule has 2 aromatic rings. The van der Waals surface area contributed by atoms with Gasteiger partial charge in [-0.1, -0.05) is 6.07 Å². The molecule has 0 aliphatic heterocycles. The summed E-state index contributed by atoms with van der Waals surface area (Å²) in [5.41, 5.74) is 1.12. The van der Waals surface area contributed by atoms with E-state index in [9.17, 15) is 17.2 Å². The van der Waals surface area contributed by atoms with Crippen LogP contribution in [0.5, 0.6) is 0 Å². The summed E-state index contributed by atoms with van der Waals surface area (Å²) in [5.74, 6) is 0.428. The van der Waals surface area contributed by atoms with E-state index in [4.69, 9.17) is 0 Å². The topological polar surface area (TPSA) is 70.6 Å². The molecular formula is C19H23F2N3O2S2. The molecule has 0 aliphatic carbocycles. The fourth-order valence-corrected chi connectivity index (χ4v) is 4.07. The van der Waals surface area contributed by atoms with Crippen molar-refractivity contribution in [1.82, 2.24) is 10.6 Å². The van der Waals surface area contributed by atoms with E-state index in [2.05, 4.69) is 15.6 Å². The first-order chi connectivity index (χ1) is 13.3. The van der Waals surface area contributed by atoms with Gasteiger partial charge in [0, 0.05) is 37.0 Å². The SMILES string of the molecule is CN=C(NCCSc1ccc(F)cc1)NCc1cc(F)ccc1CS(C)(=O)=O. The van der Waals surface area contributed by atoms with E-state index < -0.39 is 15.7 Å². The predicted octanol–water partition coefficient (Wildman–Crippen LogP) is 2.97. The molecule has 0 heterocycles. The molecule has 2 rings (SSSR count). The number of guanidine groups is 1. The largest absolute Gasteiger partial charge is 0.356 e. The van der Waals surface area contributed by atoms with Gasteiger partial charge in [0.1, 0.15) is 11.6 Å². The lowest BCUT2D eigenvalue weighted by atomic mass is 10.1. The van der Waals surface area contributed by atoms with Gasteiger partial charge >= 0.3 is 0 Å². The molecule has 0 aromatic heterocycles. The molecule has 0 amide bonds. The minimum Gasteiger partial charge on any atom is -0.356 e. The Labute approximate surface area is 168 Å². The van der Waals surface area contributed by atoms with Crippen molar-refractivity contribution in [3.05, 3.63) is 65.2 Å². The van der Waals surface area contributed by atoms with Crippen LogP contribution in [-0.2, 0) is 22.1 Å². The number of hydrogen-bond donors (Lipinski definition) is 2. The maximum absolute atomic E-state index is 13.6. The van der Waals surface area contributed by atoms with Crippen molar-refractivity contribution in [2.24, 2.45) is 4.99 Å². The molecule has 0 fully saturated rings. The van der Waals surface area contributed by atoms with Crippen LogP contribution in [0.15, 0.2) is 52.4 Å². The third-order valence-electron chi connectivity index (χ3n) is 3.73. The number of thioether (sulfide) groups is 1. The van der Waals surface area contributed by atoms with Crippen LogP contribution < -0.4 is 10.6 Å². The van der Waals surface area contributed by atoms with E-state index >= 15 is 0 Å². The number of sulfone groups is 1. The van der Waals surface area contributed by atoms with Crippen LogP contribution in [0.1, 0.15) is 11.1 Å². The first-order valence-electron chi connectivity index (χ1n) is 8.55. The molecule has 28 heavy (non-hydrogen) atoms. The van der Waals surface area contributed by atoms with E-state index in [0.29, 0.717) is 23.6 Å². The number of aliphatic imine (C=N–C) groups is 1. The van der Waals surface area contributed by atoms with Crippen LogP contribution in [0.3, 0.4) is 0 Å². The van der Waals surface area contributed by atoms with Crippen molar-refractivity contribution in [3.8, 4) is 0 Å². The second kappa shape index (κ2) is 10.4. The maximum atomic E-state index is 13.6. The van der Waals surface area contributed by atoms with Crippen molar-refractivity contribution >= 4 is 27.6 Å². The molecule has 0 aliphatic rings. The van der Waals surface area contributed by atoms with Gasteiger partial charge in [0.25, 0.3) is 0 Å². The first kappa shape index (κ1) is 22.2. The Morgan fingerprint density at radius 2 is 1.71 bits per heavy atom. The summed E-state index contributed by atoms with van der Waals surface area (Å²) in [5, 5.41) is 6.20. The van der Waals surface area contributed by atoms with Crippen LogP contribution >= 0.6 is 11.8 Å². The van der Waals surface area contributed by atoms with Gasteiger partial charge in [-0.2, -0.15) is 0 Å². The number of halogens is 2. The third kappa shape index (κ3) is 7.85. The van der Waals surface area contributed by atoms with E-state index in [1.807, 2.05) is 0 Å². The molecular weight excluding hydrogens is 404 g/mol. The molecule has 0 bridgehead atoms. The zero-order chi connectivity index (χ0) is 20.6. The predicted molar refractivity (Wildman–Crippen MR) is 110 cm³/mol. The number of benzene rings is 2. The standard InChI is InChI=1S/C19H23F2N3O2S2/c1-22-19(23-9-10-27-18-7-5-16(20)6-8-18)24-12-15-11-17(21)4-3-14(15)13-28(2,25)26/h3-8,11H,9-10,12-13H2,1-2H3,(H2,22,23,24). The second-order valence-electron chi connectivity index (χ2n) is 6.14. The minimum atomic E-state index is -3.23. The highest BCUT2D eigenvalue weighted by Gasteiger charge is 2.11. The average Bonchev–Trinajstić information content (AvgIpc) is 2.63. The lowest BCUT2D eigenvalue weighted by molar-refractivity contribution is 0.599. The van der Waals surface area contributed by atoms with E-state index in [0.717, 1.165) is 16.9 Å². The summed E-state index contributed by atoms with van der Waals surface area (Å²) in [4.78, 5) is 5.08. The fourth-order valence-electron chi connectivity index (χ4n) is 2.45. The van der Waals surface area contributed by atoms with Crippen molar-refractivity contribution < 1.29 is 17.2 Å². The second-order valence-corrected chi connectivity index (χ2v) is 9.45. The van der Waals surface area contributed by atoms with E-state index in [1.165, 1.54) is 30.3 Å². The lowest BCUT2D eigenvalue weighted by Crippen LogP contribution is -2.38. The van der Waals surface area contributed by atoms with Crippen molar-refractivity contribution in [3.63, 3.8) is 0 Å². The Balaban J connectivity index is 1.86. The van der Waals surface area contributed by atoms with Crippen molar-refractivity contribution in [2.45, 2.75) is 17.2 Å². The number of hydrogen-bond acceptors (Lipinski definition) is 4. The molecule has 152 valence electrons. The maximum Gasteiger partial charge on any atom is 0.191 e. The summed E-state index contributed by atoms with van der Waals surface area (Å²) in [6.07, 6.45) is 1.15. The molecule has 9 heteroatoms. The van der Waals surface area contributed by atoms with E-state index in [1.54, 1.807) is 30.9 Å². The molecule has 2 N–H and O–H groups in total. The van der Waals surface area contributed by atoms with Gasteiger partial charge in [0.15, 0.2) is 15.8 Å². The highest BCUT2D eigenvalue weighted by Crippen LogP contribution is 2.17. The Hall–Kier alpha value is -2.13. The molecule has 0 saturated carbocycles. The molecule has 0 radical (unpaired) electrons. The zero-order valence-electron chi connectivity index (χ0n) is 15.7. The Morgan fingerprint density at radius 3 is 2.36 bits per heavy atom. The molecule has 5 nitrogen and oxygen atoms in total. The monoisotopic (exact) mass is 427 g/mol. The molecule has 0 spiro atoms. The first-order valence-corrected chi connectivity index (χ1v) is 11.6. The third-order valence-corrected chi connectivity index (χ3v) is 5.58. The Kier molecular flexibility index (Phi) is 8.25. The zero-order valence-corrected chi connectivity index (χ0v) is 17.3. The van der Waals surface area contributed by atoms with Crippen LogP contribution in [-0.4, -0.2) is 40.0 Å². The molecule has 0 atom stereocenters. The molecule has 2 aromatic carbocycles. The van der Waals surface area contributed by atoms with Crippen LogP contribution in [0, 0.1) is 11.6 Å². The number of rotatable bonds is 8. The smallest absolute Gasteiger partial charge is 0.191 e. The van der Waals surface area contributed by atoms with Crippen molar-refractivity contribution in [1.29, 1.82) is 0 Å². The van der Waals surface area contributed by atoms with Gasteiger partial charge in [0.05, 0.1) is 5.75 Å². The highest BCUT2D eigenvalue weighted by atomic mass is 32.2. The number of nitrogens with zero attached hydrogens (tertiary/aromatic N) is 1. The van der Waals surface area contributed by atoms with Gasteiger partial charge in [-0.25, -0.2) is 17.2 Å². The summed E-state index contributed by atoms with van der Waals surface area (Å²) in [6.45, 7) is 0.856. The summed E-state index contributed by atoms with van der Waals surface area (Å²) < 4.78 is 49.6. The quantitative estimate of drug-likeness (QED) is 0.293. The van der Waals surface area contributed by atoms with Gasteiger partial charge < -0.3 is 10.6 Å². The lowest BCUT2D eigenvalue weighted by Gasteiger charge is -2.14. The number of nitrogens with one attached hydrogen (secondary N) is 2. The molecule has 0 unspecified atom stereocenters. The van der Waals surface area contributed by atoms with E-state index in [-0.39, 0.29) is 18.1 Å². The minimum absolute atomic E-state index is 0.148. The highest BCUT2D eigenvalue weighted by molar-refractivity contribution is 7.99. The van der Waals surface area contributed by atoms with Gasteiger partial charge in [-0.15, -0.1) is 11.8 Å². The van der Waals surface area contributed by atoms with Crippen LogP contribution in [0.4, 0.5) is 8.78 Å². The Bertz CT molecular complexity index is 917. The summed E-state index contributed by atoms with van der Waals surface area (Å²) in [7, 11) is -1.61. The average molecular weight is 428 g/mol. The summed E-state index contributed by atoms with van der Waals surface area (Å²) >= 11 is 1.58. The van der Waals surface area contributed by atoms with Gasteiger partial charge in [0.2, 0.25) is 0 Å². The Morgan fingerprint density at radius 1 is 1.04 bits per heavy atom. The molecule has 0 saturated heterocycles. The van der Waals surface area contributed by atoms with Crippen LogP contribution in [0.25, 0.3) is 0 Å². The summed E-state index contributed by atoms with van der Waals surface area (Å²) in [6, 6.07) is 10.4. The normalized spacial score (nSPS) is 12.1. The van der Waals surface area contributed by atoms with Gasteiger partial charge in [-0.05, 0) is 47.5 Å².